The van der Waals surface area contributed by atoms with Crippen LogP contribution in [0.5, 0.6) is 0 Å². The Morgan fingerprint density at radius 3 is 2.50 bits per heavy atom. The number of nitrogens with zero attached hydrogens (tertiary/aromatic N) is 3. The molecule has 0 aliphatic carbocycles. The maximum Gasteiger partial charge on any atom is 0.173 e. The monoisotopic (exact) mass is 396 g/mol. The van der Waals surface area contributed by atoms with Crippen molar-refractivity contribution >= 4 is 34.6 Å². The maximum atomic E-state index is 6.26. The zero-order chi connectivity index (χ0) is 19.3. The fraction of sp³-hybridized carbons (Fsp3) is 0.650. The molecule has 1 N–H and O–H groups in total. The van der Waals surface area contributed by atoms with Gasteiger partial charge in [-0.3, -0.25) is 0 Å². The Bertz CT molecular complexity index is 597. The normalized spacial score (nSPS) is 16.3. The first-order valence-electron chi connectivity index (χ1n) is 9.51. The Balaban J connectivity index is 2.08. The lowest BCUT2D eigenvalue weighted by molar-refractivity contribution is 0.125. The summed E-state index contributed by atoms with van der Waals surface area (Å²) in [5, 5.41) is 5.02. The van der Waals surface area contributed by atoms with Gasteiger partial charge in [0.05, 0.1) is 0 Å². The number of halogens is 1. The number of likely N-dealkylation sites (N-methyl/N-ethyl adjacent to an activating group) is 1. The first kappa shape index (κ1) is 21.4. The zero-order valence-electron chi connectivity index (χ0n) is 16.8. The largest absolute Gasteiger partial charge is 0.345 e. The Labute approximate surface area is 169 Å². The second kappa shape index (κ2) is 9.88. The van der Waals surface area contributed by atoms with E-state index in [0.29, 0.717) is 12.1 Å². The van der Waals surface area contributed by atoms with E-state index in [0.717, 1.165) is 60.4 Å². The molecule has 26 heavy (non-hydrogen) atoms. The molecule has 0 spiro atoms. The fourth-order valence-electron chi connectivity index (χ4n) is 3.40. The first-order chi connectivity index (χ1) is 12.3. The number of hydrogen-bond acceptors (Lipinski definition) is 3. The standard InChI is InChI=1S/C20H33ClN4S/c1-15(2)24-11-9-17(10-12-24)25(14-13-23(4)5)20(26)22-19-8-6-7-18(21)16(19)3/h6-8,15,17H,9-14H2,1-5H3,(H,22,26). The van der Waals surface area contributed by atoms with Gasteiger partial charge in [-0.2, -0.15) is 0 Å². The van der Waals surface area contributed by atoms with Crippen molar-refractivity contribution in [3.63, 3.8) is 0 Å². The molecule has 1 saturated heterocycles. The highest BCUT2D eigenvalue weighted by Crippen LogP contribution is 2.25. The summed E-state index contributed by atoms with van der Waals surface area (Å²) < 4.78 is 0. The molecule has 146 valence electrons. The third-order valence-electron chi connectivity index (χ3n) is 5.23. The molecule has 1 aromatic carbocycles. The van der Waals surface area contributed by atoms with Crippen LogP contribution in [0.3, 0.4) is 0 Å². The first-order valence-corrected chi connectivity index (χ1v) is 10.3. The molecule has 0 aromatic heterocycles. The van der Waals surface area contributed by atoms with Gasteiger partial charge in [-0.25, -0.2) is 0 Å². The maximum absolute atomic E-state index is 6.26. The van der Waals surface area contributed by atoms with Gasteiger partial charge in [0.15, 0.2) is 5.11 Å². The SMILES string of the molecule is Cc1c(Cl)cccc1NC(=S)N(CCN(C)C)C1CCN(C(C)C)CC1. The van der Waals surface area contributed by atoms with E-state index in [1.807, 2.05) is 25.1 Å². The third kappa shape index (κ3) is 5.81. The fourth-order valence-corrected chi connectivity index (χ4v) is 3.93. The van der Waals surface area contributed by atoms with Gasteiger partial charge in [-0.15, -0.1) is 0 Å². The van der Waals surface area contributed by atoms with Crippen LogP contribution in [-0.2, 0) is 0 Å². The van der Waals surface area contributed by atoms with Gasteiger partial charge < -0.3 is 20.0 Å². The number of hydrogen-bond donors (Lipinski definition) is 1. The minimum atomic E-state index is 0.490. The zero-order valence-corrected chi connectivity index (χ0v) is 18.3. The second-order valence-corrected chi connectivity index (χ2v) is 8.49. The average Bonchev–Trinajstić information content (AvgIpc) is 2.59. The van der Waals surface area contributed by atoms with Gasteiger partial charge in [0.25, 0.3) is 0 Å². The van der Waals surface area contributed by atoms with Crippen LogP contribution < -0.4 is 5.32 Å². The van der Waals surface area contributed by atoms with Gasteiger partial charge in [0.1, 0.15) is 0 Å². The molecule has 6 heteroatoms. The third-order valence-corrected chi connectivity index (χ3v) is 5.97. The molecule has 1 aliphatic heterocycles. The van der Waals surface area contributed by atoms with Crippen LogP contribution in [0.25, 0.3) is 0 Å². The Morgan fingerprint density at radius 2 is 1.92 bits per heavy atom. The van der Waals surface area contributed by atoms with Crippen molar-refractivity contribution in [2.24, 2.45) is 0 Å². The number of thiocarbonyl (C=S) groups is 1. The van der Waals surface area contributed by atoms with Crippen LogP contribution in [0, 0.1) is 6.92 Å². The van der Waals surface area contributed by atoms with Gasteiger partial charge in [-0.1, -0.05) is 17.7 Å². The molecule has 0 unspecified atom stereocenters. The van der Waals surface area contributed by atoms with Crippen molar-refractivity contribution in [1.29, 1.82) is 0 Å². The van der Waals surface area contributed by atoms with E-state index < -0.39 is 0 Å². The van der Waals surface area contributed by atoms with Crippen molar-refractivity contribution in [2.45, 2.75) is 45.7 Å². The Morgan fingerprint density at radius 1 is 1.27 bits per heavy atom. The van der Waals surface area contributed by atoms with E-state index in [-0.39, 0.29) is 0 Å². The van der Waals surface area contributed by atoms with E-state index in [4.69, 9.17) is 23.8 Å². The molecule has 2 rings (SSSR count). The van der Waals surface area contributed by atoms with Crippen LogP contribution in [0.15, 0.2) is 18.2 Å². The van der Waals surface area contributed by atoms with Crippen LogP contribution in [0.2, 0.25) is 5.02 Å². The van der Waals surface area contributed by atoms with E-state index >= 15 is 0 Å². The van der Waals surface area contributed by atoms with Gasteiger partial charge >= 0.3 is 0 Å². The van der Waals surface area contributed by atoms with E-state index in [9.17, 15) is 0 Å². The lowest BCUT2D eigenvalue weighted by Crippen LogP contribution is -2.51. The molecule has 4 nitrogen and oxygen atoms in total. The summed E-state index contributed by atoms with van der Waals surface area (Å²) in [6.45, 7) is 10.8. The van der Waals surface area contributed by atoms with Crippen molar-refractivity contribution in [2.75, 3.05) is 45.6 Å². The molecule has 0 bridgehead atoms. The van der Waals surface area contributed by atoms with Crippen molar-refractivity contribution < 1.29 is 0 Å². The average molecular weight is 397 g/mol. The van der Waals surface area contributed by atoms with Crippen LogP contribution in [0.1, 0.15) is 32.3 Å². The summed E-state index contributed by atoms with van der Waals surface area (Å²) in [5.74, 6) is 0. The highest BCUT2D eigenvalue weighted by Gasteiger charge is 2.27. The van der Waals surface area contributed by atoms with E-state index in [1.165, 1.54) is 0 Å². The molecular weight excluding hydrogens is 364 g/mol. The predicted octanol–water partition coefficient (Wildman–Crippen LogP) is 4.08. The minimum absolute atomic E-state index is 0.490. The van der Waals surface area contributed by atoms with Gasteiger partial charge in [-0.05, 0) is 77.6 Å². The topological polar surface area (TPSA) is 21.8 Å². The summed E-state index contributed by atoms with van der Waals surface area (Å²) in [7, 11) is 4.22. The predicted molar refractivity (Wildman–Crippen MR) is 117 cm³/mol. The molecule has 0 atom stereocenters. The Hall–Kier alpha value is -0.880. The van der Waals surface area contributed by atoms with Gasteiger partial charge in [0, 0.05) is 49.0 Å². The molecule has 1 fully saturated rings. The molecular formula is C20H33ClN4S. The number of piperidine rings is 1. The van der Waals surface area contributed by atoms with Gasteiger partial charge in [0.2, 0.25) is 0 Å². The molecule has 1 heterocycles. The van der Waals surface area contributed by atoms with Crippen LogP contribution in [-0.4, -0.2) is 72.2 Å². The summed E-state index contributed by atoms with van der Waals surface area (Å²) in [6, 6.07) is 7.02. The molecule has 1 aromatic rings. The number of benzene rings is 1. The quantitative estimate of drug-likeness (QED) is 0.729. The number of anilines is 1. The molecule has 0 saturated carbocycles. The Kier molecular flexibility index (Phi) is 8.14. The van der Waals surface area contributed by atoms with Crippen LogP contribution >= 0.6 is 23.8 Å². The number of likely N-dealkylation sites (tertiary alicyclic amines) is 1. The summed E-state index contributed by atoms with van der Waals surface area (Å²) in [6.07, 6.45) is 2.31. The van der Waals surface area contributed by atoms with Crippen molar-refractivity contribution in [3.05, 3.63) is 28.8 Å². The highest BCUT2D eigenvalue weighted by atomic mass is 35.5. The molecule has 1 aliphatic rings. The van der Waals surface area contributed by atoms with E-state index in [1.54, 1.807) is 0 Å². The summed E-state index contributed by atoms with van der Waals surface area (Å²) in [5.41, 5.74) is 2.04. The number of nitrogens with one attached hydrogen (secondary N) is 1. The minimum Gasteiger partial charge on any atom is -0.345 e. The highest BCUT2D eigenvalue weighted by molar-refractivity contribution is 7.80. The van der Waals surface area contributed by atoms with Crippen LogP contribution in [0.4, 0.5) is 5.69 Å². The summed E-state index contributed by atoms with van der Waals surface area (Å²) >= 11 is 12.1. The number of rotatable bonds is 6. The molecule has 0 radical (unpaired) electrons. The lowest BCUT2D eigenvalue weighted by Gasteiger charge is -2.41. The van der Waals surface area contributed by atoms with E-state index in [2.05, 4.69) is 48.0 Å². The smallest absolute Gasteiger partial charge is 0.173 e. The van der Waals surface area contributed by atoms with Crippen molar-refractivity contribution in [1.82, 2.24) is 14.7 Å². The van der Waals surface area contributed by atoms with Crippen molar-refractivity contribution in [3.8, 4) is 0 Å². The summed E-state index contributed by atoms with van der Waals surface area (Å²) in [4.78, 5) is 7.15. The second-order valence-electron chi connectivity index (χ2n) is 7.70. The lowest BCUT2D eigenvalue weighted by atomic mass is 10.0. The molecule has 0 amide bonds.